The molecule has 6 heteroatoms. The standard InChI is InChI=1S/C21H21N5O/c22-21(27)17-8-6-16(7-9-17)19-15-25(18-4-2-1-3-5-18)12-13-26(19)20-14-23-10-11-24-20/h1-11,14,19H,12-13,15H2,(H2,22,27). The number of nitrogens with two attached hydrogens (primary N) is 1. The molecular formula is C21H21N5O. The third-order valence-corrected chi connectivity index (χ3v) is 4.93. The number of nitrogens with zero attached hydrogens (tertiary/aromatic N) is 4. The van der Waals surface area contributed by atoms with E-state index in [4.69, 9.17) is 5.73 Å². The van der Waals surface area contributed by atoms with Crippen LogP contribution in [0.3, 0.4) is 0 Å². The molecule has 1 aliphatic heterocycles. The highest BCUT2D eigenvalue weighted by atomic mass is 16.1. The zero-order valence-corrected chi connectivity index (χ0v) is 14.9. The number of anilines is 2. The fourth-order valence-corrected chi connectivity index (χ4v) is 3.52. The van der Waals surface area contributed by atoms with Crippen molar-refractivity contribution < 1.29 is 4.79 Å². The molecule has 1 atom stereocenters. The minimum atomic E-state index is -0.415. The number of hydrogen-bond acceptors (Lipinski definition) is 5. The maximum absolute atomic E-state index is 11.4. The van der Waals surface area contributed by atoms with Gasteiger partial charge in [-0.25, -0.2) is 4.98 Å². The summed E-state index contributed by atoms with van der Waals surface area (Å²) in [7, 11) is 0. The second-order valence-corrected chi connectivity index (χ2v) is 6.54. The number of aromatic nitrogens is 2. The molecule has 1 amide bonds. The molecular weight excluding hydrogens is 338 g/mol. The van der Waals surface area contributed by atoms with Gasteiger partial charge in [-0.3, -0.25) is 9.78 Å². The largest absolute Gasteiger partial charge is 0.367 e. The van der Waals surface area contributed by atoms with Crippen LogP contribution in [0.4, 0.5) is 11.5 Å². The molecule has 1 unspecified atom stereocenters. The van der Waals surface area contributed by atoms with Gasteiger partial charge in [0.1, 0.15) is 5.82 Å². The monoisotopic (exact) mass is 359 g/mol. The van der Waals surface area contributed by atoms with Crippen LogP contribution in [0.2, 0.25) is 0 Å². The summed E-state index contributed by atoms with van der Waals surface area (Å²) < 4.78 is 0. The van der Waals surface area contributed by atoms with Crippen molar-refractivity contribution in [1.82, 2.24) is 9.97 Å². The van der Waals surface area contributed by atoms with Gasteiger partial charge in [0.15, 0.2) is 0 Å². The van der Waals surface area contributed by atoms with Gasteiger partial charge in [-0.2, -0.15) is 0 Å². The van der Waals surface area contributed by atoms with E-state index >= 15 is 0 Å². The van der Waals surface area contributed by atoms with Gasteiger partial charge in [0, 0.05) is 43.3 Å². The molecule has 4 rings (SSSR count). The number of piperazine rings is 1. The molecule has 3 aromatic rings. The molecule has 1 saturated heterocycles. The summed E-state index contributed by atoms with van der Waals surface area (Å²) in [6.07, 6.45) is 5.19. The Kier molecular flexibility index (Phi) is 4.70. The van der Waals surface area contributed by atoms with Crippen LogP contribution in [0.5, 0.6) is 0 Å². The summed E-state index contributed by atoms with van der Waals surface area (Å²) in [5, 5.41) is 0. The van der Waals surface area contributed by atoms with E-state index in [1.807, 2.05) is 18.2 Å². The number of primary amides is 1. The number of amides is 1. The van der Waals surface area contributed by atoms with Crippen molar-refractivity contribution in [2.45, 2.75) is 6.04 Å². The van der Waals surface area contributed by atoms with Crippen molar-refractivity contribution in [3.8, 4) is 0 Å². The molecule has 2 aromatic carbocycles. The van der Waals surface area contributed by atoms with Gasteiger partial charge in [0.05, 0.1) is 12.2 Å². The Morgan fingerprint density at radius 2 is 1.78 bits per heavy atom. The lowest BCUT2D eigenvalue weighted by molar-refractivity contribution is 0.100. The van der Waals surface area contributed by atoms with E-state index in [1.165, 1.54) is 5.69 Å². The highest BCUT2D eigenvalue weighted by molar-refractivity contribution is 5.92. The molecule has 0 aliphatic carbocycles. The summed E-state index contributed by atoms with van der Waals surface area (Å²) in [6.45, 7) is 2.54. The average Bonchev–Trinajstić information content (AvgIpc) is 2.74. The topological polar surface area (TPSA) is 75.4 Å². The molecule has 1 fully saturated rings. The first-order valence-corrected chi connectivity index (χ1v) is 8.95. The normalized spacial score (nSPS) is 17.0. The van der Waals surface area contributed by atoms with Crippen LogP contribution >= 0.6 is 0 Å². The van der Waals surface area contributed by atoms with Crippen molar-refractivity contribution in [1.29, 1.82) is 0 Å². The minimum Gasteiger partial charge on any atom is -0.367 e. The highest BCUT2D eigenvalue weighted by Gasteiger charge is 2.29. The molecule has 0 bridgehead atoms. The number of hydrogen-bond donors (Lipinski definition) is 1. The maximum atomic E-state index is 11.4. The summed E-state index contributed by atoms with van der Waals surface area (Å²) in [4.78, 5) is 24.8. The molecule has 2 heterocycles. The Morgan fingerprint density at radius 1 is 1.00 bits per heavy atom. The van der Waals surface area contributed by atoms with Gasteiger partial charge in [-0.15, -0.1) is 0 Å². The lowest BCUT2D eigenvalue weighted by atomic mass is 10.00. The Bertz CT molecular complexity index is 899. The van der Waals surface area contributed by atoms with Crippen LogP contribution in [-0.2, 0) is 0 Å². The Balaban J connectivity index is 1.67. The van der Waals surface area contributed by atoms with Gasteiger partial charge in [-0.05, 0) is 29.8 Å². The molecule has 27 heavy (non-hydrogen) atoms. The highest BCUT2D eigenvalue weighted by Crippen LogP contribution is 2.31. The van der Waals surface area contributed by atoms with Crippen molar-refractivity contribution in [2.75, 3.05) is 29.4 Å². The summed E-state index contributed by atoms with van der Waals surface area (Å²) in [5.41, 5.74) is 8.22. The van der Waals surface area contributed by atoms with Crippen LogP contribution in [0.15, 0.2) is 73.2 Å². The van der Waals surface area contributed by atoms with Crippen LogP contribution in [-0.4, -0.2) is 35.5 Å². The summed E-state index contributed by atoms with van der Waals surface area (Å²) in [6, 6.07) is 18.0. The minimum absolute atomic E-state index is 0.0950. The smallest absolute Gasteiger partial charge is 0.248 e. The van der Waals surface area contributed by atoms with E-state index in [0.717, 1.165) is 31.0 Å². The molecule has 136 valence electrons. The van der Waals surface area contributed by atoms with Crippen molar-refractivity contribution in [3.05, 3.63) is 84.3 Å². The van der Waals surface area contributed by atoms with E-state index in [-0.39, 0.29) is 6.04 Å². The Hall–Kier alpha value is -3.41. The van der Waals surface area contributed by atoms with Crippen LogP contribution in [0.1, 0.15) is 22.0 Å². The molecule has 0 spiro atoms. The third-order valence-electron chi connectivity index (χ3n) is 4.93. The van der Waals surface area contributed by atoms with Gasteiger partial charge in [0.2, 0.25) is 5.91 Å². The van der Waals surface area contributed by atoms with E-state index in [0.29, 0.717) is 5.56 Å². The fraction of sp³-hybridized carbons (Fsp3) is 0.190. The first-order chi connectivity index (χ1) is 13.2. The lowest BCUT2D eigenvalue weighted by Crippen LogP contribution is -2.49. The number of carbonyl (C=O) groups excluding carboxylic acids is 1. The van der Waals surface area contributed by atoms with Crippen molar-refractivity contribution in [2.24, 2.45) is 5.73 Å². The first kappa shape index (κ1) is 17.0. The van der Waals surface area contributed by atoms with Gasteiger partial charge >= 0.3 is 0 Å². The number of para-hydroxylation sites is 1. The SMILES string of the molecule is NC(=O)c1ccc(C2CN(c3ccccc3)CCN2c2cnccn2)cc1. The van der Waals surface area contributed by atoms with Gasteiger partial charge in [-0.1, -0.05) is 30.3 Å². The molecule has 0 radical (unpaired) electrons. The van der Waals surface area contributed by atoms with E-state index in [1.54, 1.807) is 30.7 Å². The van der Waals surface area contributed by atoms with Crippen LogP contribution in [0.25, 0.3) is 0 Å². The Morgan fingerprint density at radius 3 is 2.44 bits per heavy atom. The second-order valence-electron chi connectivity index (χ2n) is 6.54. The van der Waals surface area contributed by atoms with Crippen molar-refractivity contribution >= 4 is 17.4 Å². The molecule has 2 N–H and O–H groups in total. The lowest BCUT2D eigenvalue weighted by Gasteiger charge is -2.43. The van der Waals surface area contributed by atoms with E-state index in [9.17, 15) is 4.79 Å². The third kappa shape index (κ3) is 3.60. The number of carbonyl (C=O) groups is 1. The van der Waals surface area contributed by atoms with Crippen LogP contribution in [0, 0.1) is 0 Å². The zero-order valence-electron chi connectivity index (χ0n) is 14.9. The predicted octanol–water partition coefficient (Wildman–Crippen LogP) is 2.64. The van der Waals surface area contributed by atoms with E-state index < -0.39 is 5.91 Å². The first-order valence-electron chi connectivity index (χ1n) is 8.95. The van der Waals surface area contributed by atoms with Gasteiger partial charge < -0.3 is 15.5 Å². The molecule has 1 aromatic heterocycles. The molecule has 0 saturated carbocycles. The number of benzene rings is 2. The van der Waals surface area contributed by atoms with E-state index in [2.05, 4.69) is 44.0 Å². The quantitative estimate of drug-likeness (QED) is 0.775. The number of rotatable bonds is 4. The second kappa shape index (κ2) is 7.45. The maximum Gasteiger partial charge on any atom is 0.248 e. The van der Waals surface area contributed by atoms with Crippen molar-refractivity contribution in [3.63, 3.8) is 0 Å². The predicted molar refractivity (Wildman–Crippen MR) is 106 cm³/mol. The molecule has 1 aliphatic rings. The zero-order chi connectivity index (χ0) is 18.6. The molecule has 6 nitrogen and oxygen atoms in total. The average molecular weight is 359 g/mol. The summed E-state index contributed by atoms with van der Waals surface area (Å²) >= 11 is 0. The Labute approximate surface area is 158 Å². The fourth-order valence-electron chi connectivity index (χ4n) is 3.52. The van der Waals surface area contributed by atoms with Gasteiger partial charge in [0.25, 0.3) is 0 Å². The summed E-state index contributed by atoms with van der Waals surface area (Å²) in [5.74, 6) is 0.441. The van der Waals surface area contributed by atoms with Crippen LogP contribution < -0.4 is 15.5 Å².